The molecule has 0 spiro atoms. The van der Waals surface area contributed by atoms with Crippen LogP contribution in [-0.4, -0.2) is 83.5 Å². The summed E-state index contributed by atoms with van der Waals surface area (Å²) < 4.78 is 34.2. The molecule has 5 rings (SSSR count). The molecule has 0 saturated heterocycles. The van der Waals surface area contributed by atoms with E-state index in [9.17, 15) is 10.2 Å². The fourth-order valence-corrected chi connectivity index (χ4v) is 8.12. The number of oxime groups is 1. The molecule has 2 N–H and O–H groups in total. The van der Waals surface area contributed by atoms with Gasteiger partial charge in [-0.2, -0.15) is 0 Å². The van der Waals surface area contributed by atoms with Crippen molar-refractivity contribution in [2.45, 2.75) is 82.8 Å². The summed E-state index contributed by atoms with van der Waals surface area (Å²) in [6.07, 6.45) is 12.1. The van der Waals surface area contributed by atoms with Crippen molar-refractivity contribution in [2.75, 3.05) is 46.8 Å². The second kappa shape index (κ2) is 18.1. The van der Waals surface area contributed by atoms with Crippen LogP contribution in [0.5, 0.6) is 11.5 Å². The molecule has 6 unspecified atom stereocenters. The van der Waals surface area contributed by atoms with Gasteiger partial charge in [0.2, 0.25) is 12.1 Å². The molecule has 1 aromatic carbocycles. The zero-order valence-corrected chi connectivity index (χ0v) is 29.7. The van der Waals surface area contributed by atoms with Gasteiger partial charge in [-0.1, -0.05) is 48.0 Å². The Bertz CT molecular complexity index is 1470. The van der Waals surface area contributed by atoms with Gasteiger partial charge in [-0.15, -0.1) is 11.7 Å². The molecule has 12 nitrogen and oxygen atoms in total. The van der Waals surface area contributed by atoms with Gasteiger partial charge in [-0.3, -0.25) is 0 Å². The lowest BCUT2D eigenvalue weighted by Crippen LogP contribution is -2.63. The lowest BCUT2D eigenvalue weighted by atomic mass is 9.55. The van der Waals surface area contributed by atoms with Crippen molar-refractivity contribution < 1.29 is 38.7 Å². The molecule has 3 aliphatic rings. The molecule has 0 bridgehead atoms. The minimum atomic E-state index is -1.27. The van der Waals surface area contributed by atoms with Crippen LogP contribution in [0.3, 0.4) is 0 Å². The van der Waals surface area contributed by atoms with E-state index in [1.54, 1.807) is 25.5 Å². The fourth-order valence-electron chi connectivity index (χ4n) is 8.12. The maximum absolute atomic E-state index is 9.82. The van der Waals surface area contributed by atoms with E-state index >= 15 is 0 Å². The summed E-state index contributed by atoms with van der Waals surface area (Å²) in [7, 11) is 1.56. The third kappa shape index (κ3) is 7.69. The number of aliphatic hydroxyl groups is 2. The predicted octanol–water partition coefficient (Wildman–Crippen LogP) is 6.05. The van der Waals surface area contributed by atoms with E-state index in [0.717, 1.165) is 54.7 Å². The largest absolute Gasteiger partial charge is 0.490 e. The molecule has 1 fully saturated rings. The Morgan fingerprint density at radius 2 is 1.80 bits per heavy atom. The summed E-state index contributed by atoms with van der Waals surface area (Å²) in [6, 6.07) is 5.41. The Labute approximate surface area is 295 Å². The van der Waals surface area contributed by atoms with E-state index in [-0.39, 0.29) is 43.5 Å². The van der Waals surface area contributed by atoms with Gasteiger partial charge in [0.05, 0.1) is 24.4 Å². The molecule has 0 amide bonds. The first kappa shape index (κ1) is 37.7. The Kier molecular flexibility index (Phi) is 13.6. The molecule has 1 aromatic heterocycles. The minimum absolute atomic E-state index is 0.0972. The molecule has 1 aliphatic heterocycles. The average molecular weight is 695 g/mol. The number of nitrogens with zero attached hydrogens (tertiary/aromatic N) is 4. The minimum Gasteiger partial charge on any atom is -0.490 e. The van der Waals surface area contributed by atoms with E-state index in [4.69, 9.17) is 28.5 Å². The lowest BCUT2D eigenvalue weighted by Gasteiger charge is -2.58. The van der Waals surface area contributed by atoms with Crippen molar-refractivity contribution in [1.29, 1.82) is 0 Å². The number of allylic oxidation sites excluding steroid dienone is 1. The monoisotopic (exact) mass is 694 g/mol. The van der Waals surface area contributed by atoms with Gasteiger partial charge < -0.3 is 38.7 Å². The first-order chi connectivity index (χ1) is 24.5. The topological polar surface area (TPSA) is 139 Å². The molecule has 50 heavy (non-hydrogen) atoms. The van der Waals surface area contributed by atoms with Crippen molar-refractivity contribution in [3.05, 3.63) is 72.6 Å². The van der Waals surface area contributed by atoms with Crippen LogP contribution in [0.25, 0.3) is 0 Å². The quantitative estimate of drug-likeness (QED) is 0.0687. The van der Waals surface area contributed by atoms with Gasteiger partial charge in [-0.05, 0) is 75.1 Å². The number of rotatable bonds is 21. The van der Waals surface area contributed by atoms with Crippen LogP contribution in [0.4, 0.5) is 0 Å². The second-order valence-corrected chi connectivity index (χ2v) is 12.9. The average Bonchev–Trinajstić information content (AvgIpc) is 3.61. The highest BCUT2D eigenvalue weighted by atomic mass is 16.7. The van der Waals surface area contributed by atoms with Crippen LogP contribution in [0, 0.1) is 17.8 Å². The highest BCUT2D eigenvalue weighted by molar-refractivity contribution is 6.02. The highest BCUT2D eigenvalue weighted by Crippen LogP contribution is 2.63. The summed E-state index contributed by atoms with van der Waals surface area (Å²) in [6.45, 7) is 13.4. The Hall–Kier alpha value is -3.55. The first-order valence-corrected chi connectivity index (χ1v) is 18.0. The molecule has 0 radical (unpaired) electrons. The molecular formula is C38H54N4O8. The highest BCUT2D eigenvalue weighted by Gasteiger charge is 2.65. The number of hydrogen-bond acceptors (Lipinski definition) is 11. The van der Waals surface area contributed by atoms with E-state index in [0.29, 0.717) is 44.1 Å². The summed E-state index contributed by atoms with van der Waals surface area (Å²) in [5.41, 5.74) is 3.46. The Morgan fingerprint density at radius 3 is 2.48 bits per heavy atom. The van der Waals surface area contributed by atoms with Crippen molar-refractivity contribution in [3.8, 4) is 11.5 Å². The number of benzene rings is 1. The van der Waals surface area contributed by atoms with Crippen molar-refractivity contribution in [1.82, 2.24) is 15.0 Å². The molecule has 1 saturated carbocycles. The van der Waals surface area contributed by atoms with E-state index in [2.05, 4.69) is 40.8 Å². The molecule has 2 aliphatic carbocycles. The van der Waals surface area contributed by atoms with Gasteiger partial charge in [-0.25, -0.2) is 4.68 Å². The van der Waals surface area contributed by atoms with Crippen LogP contribution >= 0.6 is 0 Å². The number of ether oxygens (including phenoxy) is 5. The van der Waals surface area contributed by atoms with E-state index in [1.165, 1.54) is 0 Å². The molecule has 274 valence electrons. The number of hydrogen-bond donors (Lipinski definition) is 2. The maximum Gasteiger partial charge on any atom is 0.241 e. The smallest absolute Gasteiger partial charge is 0.241 e. The second-order valence-electron chi connectivity index (χ2n) is 12.9. The van der Waals surface area contributed by atoms with Gasteiger partial charge in [0, 0.05) is 44.3 Å². The van der Waals surface area contributed by atoms with Crippen LogP contribution in [0.15, 0.2) is 66.5 Å². The summed E-state index contributed by atoms with van der Waals surface area (Å²) >= 11 is 0. The first-order valence-electron chi connectivity index (χ1n) is 18.0. The predicted molar refractivity (Wildman–Crippen MR) is 189 cm³/mol. The van der Waals surface area contributed by atoms with Gasteiger partial charge in [0.1, 0.15) is 37.0 Å². The maximum atomic E-state index is 9.82. The molecule has 2 heterocycles. The SMILES string of the molecule is C=CCOc1ccc2c(c1)C1C(CCCCO)C(CCCCO)C=C3C(=NOC)CC(n4nncc4C(OCC)OCC)C(OCC=C)(O2)C31. The molecular weight excluding hydrogens is 640 g/mol. The zero-order valence-electron chi connectivity index (χ0n) is 29.7. The third-order valence-electron chi connectivity index (χ3n) is 9.99. The number of aromatic nitrogens is 3. The summed E-state index contributed by atoms with van der Waals surface area (Å²) in [5, 5.41) is 33.1. The number of unbranched alkanes of at least 4 members (excludes halogenated alkanes) is 2. The van der Waals surface area contributed by atoms with Crippen molar-refractivity contribution in [3.63, 3.8) is 0 Å². The lowest BCUT2D eigenvalue weighted by molar-refractivity contribution is -0.253. The fraction of sp³-hybridized carbons (Fsp3) is 0.605. The van der Waals surface area contributed by atoms with E-state index < -0.39 is 18.1 Å². The van der Waals surface area contributed by atoms with Gasteiger partial charge >= 0.3 is 0 Å². The Morgan fingerprint density at radius 1 is 1.06 bits per heavy atom. The summed E-state index contributed by atoms with van der Waals surface area (Å²) in [5.74, 6) is 0.0224. The van der Waals surface area contributed by atoms with E-state index in [1.807, 2.05) is 30.7 Å². The number of fused-ring (bicyclic) bond motifs is 2. The van der Waals surface area contributed by atoms with Gasteiger partial charge in [0.25, 0.3) is 0 Å². The van der Waals surface area contributed by atoms with Crippen LogP contribution < -0.4 is 9.47 Å². The molecule has 12 heteroatoms. The van der Waals surface area contributed by atoms with Crippen molar-refractivity contribution >= 4 is 5.71 Å². The zero-order chi connectivity index (χ0) is 35.5. The molecule has 2 aromatic rings. The normalized spacial score (nSPS) is 26.2. The third-order valence-corrected chi connectivity index (χ3v) is 9.99. The van der Waals surface area contributed by atoms with Crippen LogP contribution in [0.1, 0.15) is 88.3 Å². The summed E-state index contributed by atoms with van der Waals surface area (Å²) in [4.78, 5) is 5.52. The Balaban J connectivity index is 1.78. The number of aliphatic hydroxyl groups excluding tert-OH is 2. The van der Waals surface area contributed by atoms with Crippen molar-refractivity contribution in [2.24, 2.45) is 22.9 Å². The van der Waals surface area contributed by atoms with Crippen LogP contribution in [0.2, 0.25) is 0 Å². The standard InChI is InChI=1S/C38H54N4O8/c1-6-20-48-27-16-17-33-30(23-27)35-28(15-11-13-19-44)26(14-10-12-18-43)22-29-31(40-45-5)24-34(38(50-33,36(29)35)49-21-7-2)42-32(25-39-41-42)37(46-8-3)47-9-4/h6-7,16-17,22-23,25-26,28,34-37,43-44H,1-2,8-15,18-21,24H2,3-5H3. The van der Waals surface area contributed by atoms with Gasteiger partial charge in [0.15, 0.2) is 0 Å². The van der Waals surface area contributed by atoms with Crippen LogP contribution in [-0.2, 0) is 19.0 Å². The molecule has 6 atom stereocenters.